The molecule has 0 aliphatic heterocycles. The van der Waals surface area contributed by atoms with E-state index < -0.39 is 6.04 Å². The quantitative estimate of drug-likeness (QED) is 0.626. The van der Waals surface area contributed by atoms with Gasteiger partial charge in [0, 0.05) is 13.1 Å². The lowest BCUT2D eigenvalue weighted by atomic mass is 10.1. The number of hydrogen-bond acceptors (Lipinski definition) is 3. The Labute approximate surface area is 178 Å². The van der Waals surface area contributed by atoms with Crippen LogP contribution in [0.15, 0.2) is 48.5 Å². The summed E-state index contributed by atoms with van der Waals surface area (Å²) in [7, 11) is 0. The molecule has 2 rings (SSSR count). The molecule has 0 aromatic heterocycles. The van der Waals surface area contributed by atoms with Crippen molar-refractivity contribution in [2.75, 3.05) is 13.2 Å². The van der Waals surface area contributed by atoms with Crippen LogP contribution in [0.5, 0.6) is 5.75 Å². The maximum Gasteiger partial charge on any atom is 0.261 e. The van der Waals surface area contributed by atoms with Crippen LogP contribution in [-0.2, 0) is 16.1 Å². The summed E-state index contributed by atoms with van der Waals surface area (Å²) >= 11 is 6.12. The van der Waals surface area contributed by atoms with Crippen molar-refractivity contribution in [3.05, 3.63) is 64.7 Å². The van der Waals surface area contributed by atoms with Gasteiger partial charge in [-0.05, 0) is 37.5 Å². The highest BCUT2D eigenvalue weighted by molar-refractivity contribution is 6.32. The van der Waals surface area contributed by atoms with E-state index in [9.17, 15) is 9.59 Å². The first-order valence-electron chi connectivity index (χ1n) is 9.96. The van der Waals surface area contributed by atoms with Crippen LogP contribution >= 0.6 is 11.6 Å². The van der Waals surface area contributed by atoms with Gasteiger partial charge in [-0.1, -0.05) is 67.4 Å². The molecule has 0 unspecified atom stereocenters. The van der Waals surface area contributed by atoms with Gasteiger partial charge in [0.05, 0.1) is 5.02 Å². The summed E-state index contributed by atoms with van der Waals surface area (Å²) in [6.07, 6.45) is 1.35. The number of ether oxygens (including phenoxy) is 1. The van der Waals surface area contributed by atoms with Gasteiger partial charge in [0.15, 0.2) is 6.61 Å². The zero-order chi connectivity index (χ0) is 21.2. The van der Waals surface area contributed by atoms with Gasteiger partial charge in [-0.25, -0.2) is 0 Å². The Morgan fingerprint density at radius 1 is 1.10 bits per heavy atom. The predicted octanol–water partition coefficient (Wildman–Crippen LogP) is 4.36. The smallest absolute Gasteiger partial charge is 0.261 e. The first-order chi connectivity index (χ1) is 14.0. The second-order valence-electron chi connectivity index (χ2n) is 6.94. The van der Waals surface area contributed by atoms with Crippen molar-refractivity contribution in [3.8, 4) is 5.75 Å². The van der Waals surface area contributed by atoms with Crippen molar-refractivity contribution >= 4 is 23.4 Å². The van der Waals surface area contributed by atoms with Gasteiger partial charge in [-0.2, -0.15) is 0 Å². The van der Waals surface area contributed by atoms with E-state index in [1.165, 1.54) is 0 Å². The largest absolute Gasteiger partial charge is 0.482 e. The lowest BCUT2D eigenvalue weighted by Crippen LogP contribution is -2.50. The fourth-order valence-corrected chi connectivity index (χ4v) is 3.15. The fraction of sp³-hybridized carbons (Fsp3) is 0.391. The summed E-state index contributed by atoms with van der Waals surface area (Å²) in [6.45, 7) is 6.64. The first kappa shape index (κ1) is 22.8. The molecule has 2 aromatic rings. The van der Waals surface area contributed by atoms with E-state index in [0.717, 1.165) is 17.5 Å². The van der Waals surface area contributed by atoms with Crippen LogP contribution in [0.4, 0.5) is 0 Å². The number of hydrogen-bond donors (Lipinski definition) is 1. The van der Waals surface area contributed by atoms with Gasteiger partial charge < -0.3 is 15.0 Å². The minimum Gasteiger partial charge on any atom is -0.482 e. The molecular formula is C23H29ClN2O3. The molecule has 0 aliphatic carbocycles. The number of halogens is 1. The molecule has 5 nitrogen and oxygen atoms in total. The summed E-state index contributed by atoms with van der Waals surface area (Å²) < 4.78 is 5.64. The van der Waals surface area contributed by atoms with E-state index in [0.29, 0.717) is 30.3 Å². The number of carbonyl (C=O) groups excluding carboxylic acids is 2. The van der Waals surface area contributed by atoms with Crippen molar-refractivity contribution in [2.45, 2.75) is 46.2 Å². The Hall–Kier alpha value is -2.53. The molecule has 0 fully saturated rings. The standard InChI is InChI=1S/C23H29ClN2O3/c1-4-14-25-23(28)20(5-2)26(15-18-12-10-17(3)11-13-18)22(27)16-29-21-9-7-6-8-19(21)24/h6-13,20H,4-5,14-16H2,1-3H3,(H,25,28)/t20-/m0/s1. The average Bonchev–Trinajstić information content (AvgIpc) is 2.72. The van der Waals surface area contributed by atoms with Crippen LogP contribution in [0.2, 0.25) is 5.02 Å². The predicted molar refractivity (Wildman–Crippen MR) is 116 cm³/mol. The normalized spacial score (nSPS) is 11.6. The maximum absolute atomic E-state index is 13.1. The number of nitrogens with one attached hydrogen (secondary N) is 1. The van der Waals surface area contributed by atoms with Crippen LogP contribution in [0.1, 0.15) is 37.8 Å². The Balaban J connectivity index is 2.19. The number of amides is 2. The van der Waals surface area contributed by atoms with Gasteiger partial charge >= 0.3 is 0 Å². The minimum atomic E-state index is -0.565. The third kappa shape index (κ3) is 6.79. The number of benzene rings is 2. The van der Waals surface area contributed by atoms with E-state index in [1.807, 2.05) is 45.0 Å². The molecule has 1 atom stereocenters. The molecule has 2 amide bonds. The minimum absolute atomic E-state index is 0.146. The summed E-state index contributed by atoms with van der Waals surface area (Å²) in [6, 6.07) is 14.4. The SMILES string of the molecule is CCCNC(=O)[C@H](CC)N(Cc1ccc(C)cc1)C(=O)COc1ccccc1Cl. The number of aryl methyl sites for hydroxylation is 1. The third-order valence-corrected chi connectivity index (χ3v) is 4.91. The van der Waals surface area contributed by atoms with Gasteiger partial charge in [0.2, 0.25) is 5.91 Å². The van der Waals surface area contributed by atoms with Crippen LogP contribution in [0, 0.1) is 6.92 Å². The van der Waals surface area contributed by atoms with Crippen molar-refractivity contribution in [3.63, 3.8) is 0 Å². The van der Waals surface area contributed by atoms with Crippen molar-refractivity contribution < 1.29 is 14.3 Å². The lowest BCUT2D eigenvalue weighted by Gasteiger charge is -2.30. The molecule has 0 saturated heterocycles. The number of nitrogens with zero attached hydrogens (tertiary/aromatic N) is 1. The molecule has 0 spiro atoms. The van der Waals surface area contributed by atoms with E-state index >= 15 is 0 Å². The zero-order valence-electron chi connectivity index (χ0n) is 17.3. The van der Waals surface area contributed by atoms with E-state index in [-0.39, 0.29) is 18.4 Å². The monoisotopic (exact) mass is 416 g/mol. The zero-order valence-corrected chi connectivity index (χ0v) is 18.0. The van der Waals surface area contributed by atoms with Crippen LogP contribution < -0.4 is 10.1 Å². The number of carbonyl (C=O) groups is 2. The molecular weight excluding hydrogens is 388 g/mol. The highest BCUT2D eigenvalue weighted by Gasteiger charge is 2.28. The highest BCUT2D eigenvalue weighted by Crippen LogP contribution is 2.23. The molecule has 1 N–H and O–H groups in total. The molecule has 0 radical (unpaired) electrons. The topological polar surface area (TPSA) is 58.6 Å². The van der Waals surface area contributed by atoms with Crippen LogP contribution in [-0.4, -0.2) is 35.9 Å². The Bertz CT molecular complexity index is 808. The molecule has 0 saturated carbocycles. The van der Waals surface area contributed by atoms with Crippen molar-refractivity contribution in [1.29, 1.82) is 0 Å². The van der Waals surface area contributed by atoms with Crippen LogP contribution in [0.25, 0.3) is 0 Å². The Morgan fingerprint density at radius 2 is 1.79 bits per heavy atom. The van der Waals surface area contributed by atoms with E-state index in [2.05, 4.69) is 5.32 Å². The number of para-hydroxylation sites is 1. The number of rotatable bonds is 10. The Kier molecular flexibility index (Phi) is 9.00. The van der Waals surface area contributed by atoms with Crippen molar-refractivity contribution in [1.82, 2.24) is 10.2 Å². The maximum atomic E-state index is 13.1. The van der Waals surface area contributed by atoms with Crippen LogP contribution in [0.3, 0.4) is 0 Å². The Morgan fingerprint density at radius 3 is 2.41 bits per heavy atom. The highest BCUT2D eigenvalue weighted by atomic mass is 35.5. The molecule has 0 aliphatic rings. The molecule has 2 aromatic carbocycles. The first-order valence-corrected chi connectivity index (χ1v) is 10.3. The summed E-state index contributed by atoms with van der Waals surface area (Å²) in [5, 5.41) is 3.34. The third-order valence-electron chi connectivity index (χ3n) is 4.60. The summed E-state index contributed by atoms with van der Waals surface area (Å²) in [5.41, 5.74) is 2.10. The average molecular weight is 417 g/mol. The van der Waals surface area contributed by atoms with E-state index in [4.69, 9.17) is 16.3 Å². The van der Waals surface area contributed by atoms with Gasteiger partial charge in [0.25, 0.3) is 5.91 Å². The molecule has 0 heterocycles. The second kappa shape index (κ2) is 11.5. The lowest BCUT2D eigenvalue weighted by molar-refractivity contribution is -0.143. The summed E-state index contributed by atoms with van der Waals surface area (Å²) in [4.78, 5) is 27.3. The molecule has 29 heavy (non-hydrogen) atoms. The molecule has 156 valence electrons. The molecule has 0 bridgehead atoms. The summed E-state index contributed by atoms with van der Waals surface area (Å²) in [5.74, 6) is 0.0397. The fourth-order valence-electron chi connectivity index (χ4n) is 2.96. The molecule has 6 heteroatoms. The second-order valence-corrected chi connectivity index (χ2v) is 7.35. The van der Waals surface area contributed by atoms with Gasteiger partial charge in [-0.3, -0.25) is 9.59 Å². The van der Waals surface area contributed by atoms with Crippen molar-refractivity contribution in [2.24, 2.45) is 0 Å². The van der Waals surface area contributed by atoms with Gasteiger partial charge in [-0.15, -0.1) is 0 Å². The van der Waals surface area contributed by atoms with E-state index in [1.54, 1.807) is 29.2 Å². The van der Waals surface area contributed by atoms with Gasteiger partial charge in [0.1, 0.15) is 11.8 Å².